The smallest absolute Gasteiger partial charge is 0.260 e. The van der Waals surface area contributed by atoms with Crippen LogP contribution in [-0.4, -0.2) is 21.8 Å². The second-order valence-corrected chi connectivity index (χ2v) is 8.29. The lowest BCUT2D eigenvalue weighted by Crippen LogP contribution is -2.15. The lowest BCUT2D eigenvalue weighted by atomic mass is 10.2. The second-order valence-electron chi connectivity index (χ2n) is 6.58. The maximum Gasteiger partial charge on any atom is 0.260 e. The molecule has 0 bridgehead atoms. The topological polar surface area (TPSA) is 110 Å². The van der Waals surface area contributed by atoms with Crippen molar-refractivity contribution < 1.29 is 18.4 Å². The number of carbonyl (C=O) groups is 2. The maximum atomic E-state index is 12.4. The zero-order chi connectivity index (χ0) is 21.3. The van der Waals surface area contributed by atoms with Crippen molar-refractivity contribution in [2.45, 2.75) is 27.2 Å². The van der Waals surface area contributed by atoms with Crippen LogP contribution in [0.2, 0.25) is 0 Å². The normalized spacial score (nSPS) is 10.9. The van der Waals surface area contributed by atoms with Crippen LogP contribution in [0.4, 0.5) is 10.3 Å². The number of nitrogens with zero attached hydrogens (tertiary/aromatic N) is 2. The van der Waals surface area contributed by atoms with Gasteiger partial charge in [0.2, 0.25) is 5.91 Å². The number of carbonyl (C=O) groups excluding carboxylic acids is 2. The van der Waals surface area contributed by atoms with Crippen molar-refractivity contribution in [3.63, 3.8) is 0 Å². The Kier molecular flexibility index (Phi) is 5.51. The highest BCUT2D eigenvalue weighted by Crippen LogP contribution is 2.29. The zero-order valence-electron chi connectivity index (χ0n) is 16.4. The summed E-state index contributed by atoms with van der Waals surface area (Å²) in [5.41, 5.74) is 2.69. The summed E-state index contributed by atoms with van der Waals surface area (Å²) in [7, 11) is 0. The third-order valence-corrected chi connectivity index (χ3v) is 5.85. The van der Waals surface area contributed by atoms with Gasteiger partial charge < -0.3 is 14.2 Å². The Labute approximate surface area is 180 Å². The molecule has 0 spiro atoms. The Morgan fingerprint density at radius 2 is 1.80 bits per heavy atom. The van der Waals surface area contributed by atoms with Crippen molar-refractivity contribution in [2.75, 3.05) is 10.6 Å². The van der Waals surface area contributed by atoms with E-state index in [1.807, 2.05) is 25.3 Å². The van der Waals surface area contributed by atoms with Gasteiger partial charge in [0.05, 0.1) is 29.6 Å². The Balaban J connectivity index is 1.35. The van der Waals surface area contributed by atoms with Crippen molar-refractivity contribution >= 4 is 44.8 Å². The largest absolute Gasteiger partial charge is 0.469 e. The highest BCUT2D eigenvalue weighted by Gasteiger charge is 2.16. The van der Waals surface area contributed by atoms with Crippen molar-refractivity contribution in [3.05, 3.63) is 57.7 Å². The minimum atomic E-state index is -0.299. The predicted octanol–water partition coefficient (Wildman–Crippen LogP) is 4.81. The molecule has 0 aliphatic carbocycles. The molecule has 154 valence electrons. The Morgan fingerprint density at radius 1 is 1.03 bits per heavy atom. The fourth-order valence-electron chi connectivity index (χ4n) is 2.90. The third kappa shape index (κ3) is 4.34. The van der Waals surface area contributed by atoms with Gasteiger partial charge >= 0.3 is 0 Å². The van der Waals surface area contributed by atoms with E-state index in [1.165, 1.54) is 28.9 Å². The standard InChI is InChI=1S/C20H18N4O4S2/c1-10-6-15(12(3)28-10)16-9-30-20(22-16)23-17(25)7-13-8-29-19(21-13)24-18(26)14-4-5-27-11(14)2/h4-6,8-9H,7H2,1-3H3,(H,21,24,26)(H,22,23,25). The number of aromatic nitrogens is 2. The molecule has 4 aromatic heterocycles. The molecule has 2 amide bonds. The van der Waals surface area contributed by atoms with Crippen molar-refractivity contribution in [3.8, 4) is 11.3 Å². The monoisotopic (exact) mass is 442 g/mol. The molecule has 4 rings (SSSR count). The molecule has 4 aromatic rings. The number of hydrogen-bond donors (Lipinski definition) is 2. The van der Waals surface area contributed by atoms with E-state index >= 15 is 0 Å². The predicted molar refractivity (Wildman–Crippen MR) is 115 cm³/mol. The van der Waals surface area contributed by atoms with Gasteiger partial charge in [-0.3, -0.25) is 14.9 Å². The number of amides is 2. The van der Waals surface area contributed by atoms with Gasteiger partial charge in [0.25, 0.3) is 5.91 Å². The van der Waals surface area contributed by atoms with Crippen LogP contribution in [0.1, 0.15) is 33.3 Å². The van der Waals surface area contributed by atoms with E-state index in [0.29, 0.717) is 27.3 Å². The number of thiazole rings is 2. The van der Waals surface area contributed by atoms with Gasteiger partial charge in [-0.25, -0.2) is 9.97 Å². The van der Waals surface area contributed by atoms with Crippen LogP contribution < -0.4 is 10.6 Å². The molecular formula is C20H18N4O4S2. The third-order valence-electron chi connectivity index (χ3n) is 4.28. The highest BCUT2D eigenvalue weighted by molar-refractivity contribution is 7.14. The average molecular weight is 443 g/mol. The van der Waals surface area contributed by atoms with Gasteiger partial charge in [-0.2, -0.15) is 0 Å². The minimum absolute atomic E-state index is 0.0792. The number of anilines is 2. The van der Waals surface area contributed by atoms with Crippen LogP contribution in [0.3, 0.4) is 0 Å². The minimum Gasteiger partial charge on any atom is -0.469 e. The number of aryl methyl sites for hydroxylation is 3. The van der Waals surface area contributed by atoms with Crippen LogP contribution >= 0.6 is 22.7 Å². The fraction of sp³-hybridized carbons (Fsp3) is 0.200. The molecule has 30 heavy (non-hydrogen) atoms. The van der Waals surface area contributed by atoms with E-state index in [1.54, 1.807) is 18.4 Å². The maximum absolute atomic E-state index is 12.4. The molecule has 0 aliphatic rings. The molecule has 0 unspecified atom stereocenters. The lowest BCUT2D eigenvalue weighted by molar-refractivity contribution is -0.115. The summed E-state index contributed by atoms with van der Waals surface area (Å²) >= 11 is 2.60. The van der Waals surface area contributed by atoms with Crippen LogP contribution in [0.15, 0.2) is 38.0 Å². The fourth-order valence-corrected chi connectivity index (χ4v) is 4.33. The summed E-state index contributed by atoms with van der Waals surface area (Å²) in [6.07, 6.45) is 1.54. The quantitative estimate of drug-likeness (QED) is 0.443. The van der Waals surface area contributed by atoms with Crippen LogP contribution in [0.5, 0.6) is 0 Å². The summed E-state index contributed by atoms with van der Waals surface area (Å²) in [6, 6.07) is 3.52. The number of rotatable bonds is 6. The molecule has 0 radical (unpaired) electrons. The first-order valence-electron chi connectivity index (χ1n) is 9.01. The van der Waals surface area contributed by atoms with Crippen LogP contribution in [-0.2, 0) is 11.2 Å². The van der Waals surface area contributed by atoms with Gasteiger partial charge in [0, 0.05) is 16.3 Å². The summed E-state index contributed by atoms with van der Waals surface area (Å²) in [6.45, 7) is 5.48. The highest BCUT2D eigenvalue weighted by atomic mass is 32.1. The molecule has 0 aliphatic heterocycles. The summed E-state index contributed by atoms with van der Waals surface area (Å²) in [4.78, 5) is 33.3. The molecule has 4 heterocycles. The molecule has 0 atom stereocenters. The van der Waals surface area contributed by atoms with E-state index in [4.69, 9.17) is 8.83 Å². The van der Waals surface area contributed by atoms with Crippen LogP contribution in [0, 0.1) is 20.8 Å². The van der Waals surface area contributed by atoms with Crippen molar-refractivity contribution in [2.24, 2.45) is 0 Å². The zero-order valence-corrected chi connectivity index (χ0v) is 18.1. The molecule has 0 aromatic carbocycles. The molecular weight excluding hydrogens is 424 g/mol. The lowest BCUT2D eigenvalue weighted by Gasteiger charge is -2.00. The van der Waals surface area contributed by atoms with Gasteiger partial charge in [0.15, 0.2) is 10.3 Å². The number of furan rings is 2. The van der Waals surface area contributed by atoms with E-state index < -0.39 is 0 Å². The number of hydrogen-bond acceptors (Lipinski definition) is 8. The van der Waals surface area contributed by atoms with Gasteiger partial charge in [-0.1, -0.05) is 0 Å². The van der Waals surface area contributed by atoms with E-state index in [0.717, 1.165) is 22.8 Å². The van der Waals surface area contributed by atoms with Crippen molar-refractivity contribution in [1.82, 2.24) is 9.97 Å². The summed E-state index contributed by atoms with van der Waals surface area (Å²) in [5.74, 6) is 1.61. The first kappa shape index (κ1) is 20.0. The van der Waals surface area contributed by atoms with E-state index in [-0.39, 0.29) is 18.2 Å². The van der Waals surface area contributed by atoms with Crippen LogP contribution in [0.25, 0.3) is 11.3 Å². The Bertz CT molecular complexity index is 1220. The molecule has 10 heteroatoms. The molecule has 0 saturated heterocycles. The van der Waals surface area contributed by atoms with Gasteiger partial charge in [-0.05, 0) is 32.9 Å². The second kappa shape index (κ2) is 8.25. The number of nitrogens with one attached hydrogen (secondary N) is 2. The Hall–Kier alpha value is -3.24. The average Bonchev–Trinajstić information content (AvgIpc) is 3.45. The SMILES string of the molecule is Cc1cc(-c2csc(NC(=O)Cc3csc(NC(=O)c4ccoc4C)n3)n2)c(C)o1. The van der Waals surface area contributed by atoms with E-state index in [2.05, 4.69) is 20.6 Å². The molecule has 8 nitrogen and oxygen atoms in total. The van der Waals surface area contributed by atoms with E-state index in [9.17, 15) is 9.59 Å². The Morgan fingerprint density at radius 3 is 2.50 bits per heavy atom. The molecule has 2 N–H and O–H groups in total. The summed E-state index contributed by atoms with van der Waals surface area (Å²) in [5, 5.41) is 10.0. The van der Waals surface area contributed by atoms with Gasteiger partial charge in [0.1, 0.15) is 17.3 Å². The van der Waals surface area contributed by atoms with Gasteiger partial charge in [-0.15, -0.1) is 22.7 Å². The summed E-state index contributed by atoms with van der Waals surface area (Å²) < 4.78 is 10.7. The molecule has 0 saturated carbocycles. The van der Waals surface area contributed by atoms with Crippen molar-refractivity contribution in [1.29, 1.82) is 0 Å². The molecule has 0 fully saturated rings. The first-order chi connectivity index (χ1) is 14.4. The first-order valence-corrected chi connectivity index (χ1v) is 10.8.